The standard InChI is InChI=1S/C18H13F6N3O/c1-10(16(28)27-14-4-2-11(9-25)3-5-14)26-15-7-12(17(19,20)21)6-13(8-15)18(22,23)24/h2-8,10,26H,1H3,(H,27,28)/t10-/m0/s1. The van der Waals surface area contributed by atoms with Crippen molar-refractivity contribution in [3.8, 4) is 6.07 Å². The van der Waals surface area contributed by atoms with E-state index in [0.29, 0.717) is 23.4 Å². The van der Waals surface area contributed by atoms with Crippen LogP contribution in [0, 0.1) is 11.3 Å². The lowest BCUT2D eigenvalue weighted by molar-refractivity contribution is -0.143. The highest BCUT2D eigenvalue weighted by molar-refractivity contribution is 5.96. The van der Waals surface area contributed by atoms with Gasteiger partial charge in [0.2, 0.25) is 5.91 Å². The maximum Gasteiger partial charge on any atom is 0.416 e. The second kappa shape index (κ2) is 7.80. The van der Waals surface area contributed by atoms with E-state index < -0.39 is 41.1 Å². The van der Waals surface area contributed by atoms with Crippen LogP contribution in [0.3, 0.4) is 0 Å². The summed E-state index contributed by atoms with van der Waals surface area (Å²) in [6, 6.07) is 7.52. The van der Waals surface area contributed by atoms with Gasteiger partial charge in [0, 0.05) is 11.4 Å². The summed E-state index contributed by atoms with van der Waals surface area (Å²) < 4.78 is 77.3. The molecule has 0 bridgehead atoms. The summed E-state index contributed by atoms with van der Waals surface area (Å²) in [6.07, 6.45) is -9.96. The first kappa shape index (κ1) is 21.1. The van der Waals surface area contributed by atoms with Crippen LogP contribution in [-0.4, -0.2) is 11.9 Å². The van der Waals surface area contributed by atoms with E-state index in [0.717, 1.165) is 0 Å². The molecule has 0 aliphatic heterocycles. The molecule has 148 valence electrons. The Morgan fingerprint density at radius 3 is 1.86 bits per heavy atom. The number of nitriles is 1. The van der Waals surface area contributed by atoms with Crippen LogP contribution in [0.1, 0.15) is 23.6 Å². The minimum Gasteiger partial charge on any atom is -0.374 e. The number of hydrogen-bond donors (Lipinski definition) is 2. The summed E-state index contributed by atoms with van der Waals surface area (Å²) in [5.41, 5.74) is -2.79. The number of nitrogens with zero attached hydrogens (tertiary/aromatic N) is 1. The summed E-state index contributed by atoms with van der Waals surface area (Å²) in [5, 5.41) is 13.5. The average Bonchev–Trinajstić information content (AvgIpc) is 2.60. The van der Waals surface area contributed by atoms with Gasteiger partial charge in [0.25, 0.3) is 0 Å². The second-order valence-corrected chi connectivity index (χ2v) is 5.84. The van der Waals surface area contributed by atoms with E-state index in [1.165, 1.54) is 31.2 Å². The number of amides is 1. The Morgan fingerprint density at radius 1 is 0.929 bits per heavy atom. The van der Waals surface area contributed by atoms with Crippen molar-refractivity contribution in [2.75, 3.05) is 10.6 Å². The molecule has 0 aliphatic carbocycles. The summed E-state index contributed by atoms with van der Waals surface area (Å²) >= 11 is 0. The molecule has 28 heavy (non-hydrogen) atoms. The predicted molar refractivity (Wildman–Crippen MR) is 89.3 cm³/mol. The number of benzene rings is 2. The third kappa shape index (κ3) is 5.39. The lowest BCUT2D eigenvalue weighted by atomic mass is 10.1. The lowest BCUT2D eigenvalue weighted by Crippen LogP contribution is -2.32. The monoisotopic (exact) mass is 401 g/mol. The first-order chi connectivity index (χ1) is 12.9. The van der Waals surface area contributed by atoms with Crippen LogP contribution < -0.4 is 10.6 Å². The van der Waals surface area contributed by atoms with Crippen LogP contribution in [0.15, 0.2) is 42.5 Å². The molecular formula is C18H13F6N3O. The minimum absolute atomic E-state index is 0.00661. The Labute approximate surface area is 155 Å². The Bertz CT molecular complexity index is 865. The fourth-order valence-electron chi connectivity index (χ4n) is 2.23. The molecule has 0 aromatic heterocycles. The third-order valence-corrected chi connectivity index (χ3v) is 3.65. The Morgan fingerprint density at radius 2 is 1.43 bits per heavy atom. The lowest BCUT2D eigenvalue weighted by Gasteiger charge is -2.18. The van der Waals surface area contributed by atoms with Gasteiger partial charge in [-0.2, -0.15) is 31.6 Å². The number of carbonyl (C=O) groups excluding carboxylic acids is 1. The number of hydrogen-bond acceptors (Lipinski definition) is 3. The van der Waals surface area contributed by atoms with Crippen LogP contribution in [-0.2, 0) is 17.1 Å². The van der Waals surface area contributed by atoms with Crippen molar-refractivity contribution in [1.29, 1.82) is 5.26 Å². The molecule has 2 rings (SSSR count). The molecule has 2 aromatic carbocycles. The molecule has 0 unspecified atom stereocenters. The topological polar surface area (TPSA) is 64.9 Å². The quantitative estimate of drug-likeness (QED) is 0.706. The fourth-order valence-corrected chi connectivity index (χ4v) is 2.23. The number of carbonyl (C=O) groups is 1. The maximum atomic E-state index is 12.9. The van der Waals surface area contributed by atoms with Gasteiger partial charge in [-0.05, 0) is 49.4 Å². The number of anilines is 2. The van der Waals surface area contributed by atoms with Crippen LogP contribution in [0.25, 0.3) is 0 Å². The SMILES string of the molecule is C[C@H](Nc1cc(C(F)(F)F)cc(C(F)(F)F)c1)C(=O)Nc1ccc(C#N)cc1. The molecule has 2 aromatic rings. The zero-order chi connectivity index (χ0) is 21.1. The smallest absolute Gasteiger partial charge is 0.374 e. The van der Waals surface area contributed by atoms with Gasteiger partial charge in [0.05, 0.1) is 22.8 Å². The van der Waals surface area contributed by atoms with Crippen LogP contribution >= 0.6 is 0 Å². The molecular weight excluding hydrogens is 388 g/mol. The molecule has 2 N–H and O–H groups in total. The van der Waals surface area contributed by atoms with Gasteiger partial charge in [0.15, 0.2) is 0 Å². The van der Waals surface area contributed by atoms with Gasteiger partial charge in [-0.1, -0.05) is 0 Å². The van der Waals surface area contributed by atoms with E-state index in [1.54, 1.807) is 0 Å². The summed E-state index contributed by atoms with van der Waals surface area (Å²) in [4.78, 5) is 12.2. The van der Waals surface area contributed by atoms with Crippen molar-refractivity contribution < 1.29 is 31.1 Å². The van der Waals surface area contributed by atoms with Crippen molar-refractivity contribution in [2.24, 2.45) is 0 Å². The number of alkyl halides is 6. The molecule has 10 heteroatoms. The molecule has 0 heterocycles. The highest BCUT2D eigenvalue weighted by atomic mass is 19.4. The van der Waals surface area contributed by atoms with E-state index in [4.69, 9.17) is 5.26 Å². The fraction of sp³-hybridized carbons (Fsp3) is 0.222. The predicted octanol–water partition coefficient (Wildman–Crippen LogP) is 5.03. The Balaban J connectivity index is 2.20. The molecule has 1 amide bonds. The van der Waals surface area contributed by atoms with Gasteiger partial charge in [-0.25, -0.2) is 0 Å². The normalized spacial score (nSPS) is 12.8. The summed E-state index contributed by atoms with van der Waals surface area (Å²) in [5.74, 6) is -0.685. The molecule has 0 aliphatic rings. The zero-order valence-corrected chi connectivity index (χ0v) is 14.2. The number of rotatable bonds is 4. The van der Waals surface area contributed by atoms with E-state index in [1.807, 2.05) is 6.07 Å². The van der Waals surface area contributed by atoms with Crippen molar-refractivity contribution in [3.05, 3.63) is 59.2 Å². The van der Waals surface area contributed by atoms with Gasteiger partial charge < -0.3 is 10.6 Å². The molecule has 0 saturated carbocycles. The van der Waals surface area contributed by atoms with Crippen LogP contribution in [0.4, 0.5) is 37.7 Å². The van der Waals surface area contributed by atoms with Gasteiger partial charge >= 0.3 is 12.4 Å². The van der Waals surface area contributed by atoms with Crippen molar-refractivity contribution in [2.45, 2.75) is 25.3 Å². The highest BCUT2D eigenvalue weighted by Gasteiger charge is 2.37. The van der Waals surface area contributed by atoms with E-state index in [2.05, 4.69) is 10.6 Å². The first-order valence-corrected chi connectivity index (χ1v) is 7.77. The van der Waals surface area contributed by atoms with E-state index >= 15 is 0 Å². The van der Waals surface area contributed by atoms with Crippen molar-refractivity contribution in [3.63, 3.8) is 0 Å². The Kier molecular flexibility index (Phi) is 5.87. The van der Waals surface area contributed by atoms with E-state index in [-0.39, 0.29) is 6.07 Å². The number of nitrogens with one attached hydrogen (secondary N) is 2. The second-order valence-electron chi connectivity index (χ2n) is 5.84. The van der Waals surface area contributed by atoms with Gasteiger partial charge in [0.1, 0.15) is 6.04 Å². The minimum atomic E-state index is -4.98. The summed E-state index contributed by atoms with van der Waals surface area (Å²) in [6.45, 7) is 1.28. The summed E-state index contributed by atoms with van der Waals surface area (Å²) in [7, 11) is 0. The van der Waals surface area contributed by atoms with Gasteiger partial charge in [-0.15, -0.1) is 0 Å². The van der Waals surface area contributed by atoms with Crippen LogP contribution in [0.2, 0.25) is 0 Å². The first-order valence-electron chi connectivity index (χ1n) is 7.77. The largest absolute Gasteiger partial charge is 0.416 e. The van der Waals surface area contributed by atoms with Crippen molar-refractivity contribution >= 4 is 17.3 Å². The highest BCUT2D eigenvalue weighted by Crippen LogP contribution is 2.37. The molecule has 4 nitrogen and oxygen atoms in total. The maximum absolute atomic E-state index is 12.9. The molecule has 0 saturated heterocycles. The molecule has 0 fully saturated rings. The zero-order valence-electron chi connectivity index (χ0n) is 14.2. The third-order valence-electron chi connectivity index (χ3n) is 3.65. The van der Waals surface area contributed by atoms with Crippen molar-refractivity contribution in [1.82, 2.24) is 0 Å². The van der Waals surface area contributed by atoms with E-state index in [9.17, 15) is 31.1 Å². The number of halogens is 6. The van der Waals surface area contributed by atoms with Crippen LogP contribution in [0.5, 0.6) is 0 Å². The molecule has 0 spiro atoms. The molecule has 1 atom stereocenters. The molecule has 0 radical (unpaired) electrons. The average molecular weight is 401 g/mol. The Hall–Kier alpha value is -3.22. The van der Waals surface area contributed by atoms with Gasteiger partial charge in [-0.3, -0.25) is 4.79 Å².